The molecule has 0 saturated carbocycles. The van der Waals surface area contributed by atoms with Gasteiger partial charge in [-0.1, -0.05) is 60.1 Å². The van der Waals surface area contributed by atoms with E-state index in [1.165, 1.54) is 5.56 Å². The first kappa shape index (κ1) is 14.8. The zero-order valence-corrected chi connectivity index (χ0v) is 12.4. The second kappa shape index (κ2) is 7.25. The van der Waals surface area contributed by atoms with Crippen LogP contribution in [0.1, 0.15) is 36.8 Å². The number of benzene rings is 2. The van der Waals surface area contributed by atoms with Gasteiger partial charge in [-0.3, -0.25) is 0 Å². The van der Waals surface area contributed by atoms with Crippen molar-refractivity contribution in [2.24, 2.45) is 0 Å². The number of carbonyl (C=O) groups is 1. The Morgan fingerprint density at radius 2 is 1.70 bits per heavy atom. The fourth-order valence-electron chi connectivity index (χ4n) is 2.51. The summed E-state index contributed by atoms with van der Waals surface area (Å²) in [6.07, 6.45) is 2.45. The van der Waals surface area contributed by atoms with E-state index in [0.717, 1.165) is 23.4 Å². The molecule has 0 spiro atoms. The lowest BCUT2D eigenvalue weighted by Gasteiger charge is -2.17. The Balaban J connectivity index is 2.12. The summed E-state index contributed by atoms with van der Waals surface area (Å²) in [6.45, 7) is 1.65. The molecule has 0 aliphatic rings. The quantitative estimate of drug-likeness (QED) is 0.727. The molecule has 104 valence electrons. The second-order valence-corrected chi connectivity index (χ2v) is 5.56. The van der Waals surface area contributed by atoms with Gasteiger partial charge in [0.25, 0.3) is 0 Å². The van der Waals surface area contributed by atoms with Crippen molar-refractivity contribution in [3.8, 4) is 0 Å². The van der Waals surface area contributed by atoms with E-state index < -0.39 is 0 Å². The van der Waals surface area contributed by atoms with E-state index in [0.29, 0.717) is 6.42 Å². The van der Waals surface area contributed by atoms with Crippen molar-refractivity contribution >= 4 is 17.4 Å². The predicted molar refractivity (Wildman–Crippen MR) is 84.3 cm³/mol. The number of aryl methyl sites for hydroxylation is 1. The lowest BCUT2D eigenvalue weighted by atomic mass is 9.88. The maximum atomic E-state index is 11.5. The molecule has 0 N–H and O–H groups in total. The molecular weight excluding hydrogens is 268 g/mol. The van der Waals surface area contributed by atoms with Gasteiger partial charge in [-0.2, -0.15) is 0 Å². The lowest BCUT2D eigenvalue weighted by Crippen LogP contribution is -2.06. The van der Waals surface area contributed by atoms with Crippen molar-refractivity contribution in [1.29, 1.82) is 0 Å². The number of hydrogen-bond donors (Lipinski definition) is 0. The van der Waals surface area contributed by atoms with Gasteiger partial charge in [-0.25, -0.2) is 0 Å². The van der Waals surface area contributed by atoms with Gasteiger partial charge >= 0.3 is 0 Å². The van der Waals surface area contributed by atoms with Crippen LogP contribution in [0.4, 0.5) is 0 Å². The van der Waals surface area contributed by atoms with Gasteiger partial charge in [0.2, 0.25) is 0 Å². The third kappa shape index (κ3) is 4.21. The van der Waals surface area contributed by atoms with E-state index >= 15 is 0 Å². The molecule has 0 saturated heterocycles. The Kier molecular flexibility index (Phi) is 5.37. The van der Waals surface area contributed by atoms with Crippen LogP contribution < -0.4 is 0 Å². The average Bonchev–Trinajstić information content (AvgIpc) is 2.45. The van der Waals surface area contributed by atoms with E-state index in [1.54, 1.807) is 6.92 Å². The van der Waals surface area contributed by atoms with Crippen molar-refractivity contribution in [2.75, 3.05) is 0 Å². The normalized spacial score (nSPS) is 12.1. The molecule has 0 aliphatic carbocycles. The van der Waals surface area contributed by atoms with Crippen LogP contribution in [0.5, 0.6) is 0 Å². The molecule has 2 aromatic rings. The lowest BCUT2D eigenvalue weighted by molar-refractivity contribution is -0.117. The molecule has 1 nitrogen and oxygen atoms in total. The van der Waals surface area contributed by atoms with Gasteiger partial charge in [-0.15, -0.1) is 0 Å². The summed E-state index contributed by atoms with van der Waals surface area (Å²) in [7, 11) is 0. The summed E-state index contributed by atoms with van der Waals surface area (Å²) < 4.78 is 0. The average molecular weight is 287 g/mol. The number of ketones is 1. The monoisotopic (exact) mass is 286 g/mol. The Morgan fingerprint density at radius 3 is 2.35 bits per heavy atom. The Morgan fingerprint density at radius 1 is 1.05 bits per heavy atom. The molecule has 0 aromatic heterocycles. The highest BCUT2D eigenvalue weighted by molar-refractivity contribution is 6.31. The number of Topliss-reactive ketones (excluding diaryl/α,β-unsaturated/α-hetero) is 1. The van der Waals surface area contributed by atoms with E-state index in [4.69, 9.17) is 11.6 Å². The smallest absolute Gasteiger partial charge is 0.130 e. The first-order valence-corrected chi connectivity index (χ1v) is 7.32. The second-order valence-electron chi connectivity index (χ2n) is 5.15. The topological polar surface area (TPSA) is 17.1 Å². The molecule has 20 heavy (non-hydrogen) atoms. The third-order valence-electron chi connectivity index (χ3n) is 3.50. The van der Waals surface area contributed by atoms with Crippen molar-refractivity contribution in [3.63, 3.8) is 0 Å². The van der Waals surface area contributed by atoms with Crippen LogP contribution in [-0.4, -0.2) is 5.78 Å². The minimum atomic E-state index is 0.196. The van der Waals surface area contributed by atoms with Crippen LogP contribution in [0, 0.1) is 0 Å². The highest BCUT2D eigenvalue weighted by atomic mass is 35.5. The molecular formula is C18H19ClO. The van der Waals surface area contributed by atoms with Gasteiger partial charge in [0.15, 0.2) is 0 Å². The first-order chi connectivity index (χ1) is 9.66. The molecule has 0 fully saturated rings. The molecule has 0 bridgehead atoms. The summed E-state index contributed by atoms with van der Waals surface area (Å²) in [4.78, 5) is 11.5. The van der Waals surface area contributed by atoms with E-state index in [-0.39, 0.29) is 11.7 Å². The highest BCUT2D eigenvalue weighted by Gasteiger charge is 2.16. The molecule has 0 aliphatic heterocycles. The SMILES string of the molecule is CC(=O)CC(CCc1ccccc1)c1ccccc1Cl. The van der Waals surface area contributed by atoms with Gasteiger partial charge < -0.3 is 4.79 Å². The van der Waals surface area contributed by atoms with Crippen LogP contribution >= 0.6 is 11.6 Å². The van der Waals surface area contributed by atoms with Crippen molar-refractivity contribution in [3.05, 3.63) is 70.7 Å². The van der Waals surface area contributed by atoms with Gasteiger partial charge in [0.05, 0.1) is 0 Å². The summed E-state index contributed by atoms with van der Waals surface area (Å²) in [5.41, 5.74) is 2.38. The Bertz CT molecular complexity index is 563. The highest BCUT2D eigenvalue weighted by Crippen LogP contribution is 2.31. The van der Waals surface area contributed by atoms with Gasteiger partial charge in [0.1, 0.15) is 5.78 Å². The summed E-state index contributed by atoms with van der Waals surface area (Å²) >= 11 is 6.27. The van der Waals surface area contributed by atoms with Crippen LogP contribution in [-0.2, 0) is 11.2 Å². The zero-order chi connectivity index (χ0) is 14.4. The molecule has 2 rings (SSSR count). The Hall–Kier alpha value is -1.60. The summed E-state index contributed by atoms with van der Waals surface area (Å²) in [5, 5.41) is 0.756. The third-order valence-corrected chi connectivity index (χ3v) is 3.85. The van der Waals surface area contributed by atoms with Crippen LogP contribution in [0.15, 0.2) is 54.6 Å². The molecule has 0 heterocycles. The zero-order valence-electron chi connectivity index (χ0n) is 11.7. The maximum absolute atomic E-state index is 11.5. The summed E-state index contributed by atoms with van der Waals surface area (Å²) in [6, 6.07) is 18.2. The molecule has 0 radical (unpaired) electrons. The van der Waals surface area contributed by atoms with Gasteiger partial charge in [-0.05, 0) is 42.9 Å². The predicted octanol–water partition coefficient (Wildman–Crippen LogP) is 5.04. The van der Waals surface area contributed by atoms with E-state index in [1.807, 2.05) is 42.5 Å². The fraction of sp³-hybridized carbons (Fsp3) is 0.278. The molecule has 2 heteroatoms. The molecule has 0 amide bonds. The van der Waals surface area contributed by atoms with Crippen molar-refractivity contribution in [2.45, 2.75) is 32.1 Å². The largest absolute Gasteiger partial charge is 0.300 e. The molecule has 1 atom stereocenters. The number of carbonyl (C=O) groups excluding carboxylic acids is 1. The van der Waals surface area contributed by atoms with Crippen LogP contribution in [0.3, 0.4) is 0 Å². The minimum Gasteiger partial charge on any atom is -0.300 e. The number of halogens is 1. The number of rotatable bonds is 6. The van der Waals surface area contributed by atoms with E-state index in [9.17, 15) is 4.79 Å². The van der Waals surface area contributed by atoms with Gasteiger partial charge in [0, 0.05) is 11.4 Å². The van der Waals surface area contributed by atoms with Crippen LogP contribution in [0.2, 0.25) is 5.02 Å². The first-order valence-electron chi connectivity index (χ1n) is 6.94. The minimum absolute atomic E-state index is 0.196. The summed E-state index contributed by atoms with van der Waals surface area (Å²) in [5.74, 6) is 0.407. The van der Waals surface area contributed by atoms with Crippen molar-refractivity contribution in [1.82, 2.24) is 0 Å². The maximum Gasteiger partial charge on any atom is 0.130 e. The fourth-order valence-corrected chi connectivity index (χ4v) is 2.80. The standard InChI is InChI=1S/C18H19ClO/c1-14(20)13-16(17-9-5-6-10-18(17)19)12-11-15-7-3-2-4-8-15/h2-10,16H,11-13H2,1H3. The van der Waals surface area contributed by atoms with E-state index in [2.05, 4.69) is 12.1 Å². The Labute approximate surface area is 125 Å². The molecule has 1 unspecified atom stereocenters. The van der Waals surface area contributed by atoms with Crippen molar-refractivity contribution < 1.29 is 4.79 Å². The molecule has 2 aromatic carbocycles. The number of hydrogen-bond acceptors (Lipinski definition) is 1. The van der Waals surface area contributed by atoms with Crippen LogP contribution in [0.25, 0.3) is 0 Å².